The van der Waals surface area contributed by atoms with Crippen LogP contribution in [-0.2, 0) is 32.7 Å². The van der Waals surface area contributed by atoms with E-state index in [0.29, 0.717) is 40.1 Å². The van der Waals surface area contributed by atoms with Crippen molar-refractivity contribution >= 4 is 45.1 Å². The predicted molar refractivity (Wildman–Crippen MR) is 160 cm³/mol. The normalized spacial score (nSPS) is 28.9. The smallest absolute Gasteiger partial charge is 0.349 e. The molecule has 224 valence electrons. The van der Waals surface area contributed by atoms with E-state index in [2.05, 4.69) is 31.3 Å². The van der Waals surface area contributed by atoms with E-state index in [1.54, 1.807) is 23.5 Å². The molecule has 1 aliphatic carbocycles. The molecule has 6 heterocycles. The van der Waals surface area contributed by atoms with Gasteiger partial charge in [-0.1, -0.05) is 19.1 Å². The van der Waals surface area contributed by atoms with Crippen LogP contribution >= 0.6 is 34.0 Å². The Morgan fingerprint density at radius 3 is 2.39 bits per heavy atom. The molecule has 12 heteroatoms. The van der Waals surface area contributed by atoms with Crippen molar-refractivity contribution in [3.63, 3.8) is 0 Å². The first-order chi connectivity index (χ1) is 19.2. The molecule has 0 radical (unpaired) electrons. The number of hydrogen-bond donors (Lipinski definition) is 3. The van der Waals surface area contributed by atoms with Gasteiger partial charge < -0.3 is 47.1 Å². The van der Waals surface area contributed by atoms with Gasteiger partial charge in [-0.15, -0.1) is 34.0 Å². The lowest BCUT2D eigenvalue weighted by atomic mass is 9.95. The van der Waals surface area contributed by atoms with Crippen LogP contribution in [-0.4, -0.2) is 77.6 Å². The number of rotatable bonds is 7. The number of nitrogen functional groups attached to an aromatic ring is 1. The molecule has 3 aromatic heterocycles. The number of anilines is 1. The van der Waals surface area contributed by atoms with Crippen molar-refractivity contribution in [2.45, 2.75) is 87.5 Å². The average molecular weight is 684 g/mol. The summed E-state index contributed by atoms with van der Waals surface area (Å²) in [6.45, 7) is 3.32. The van der Waals surface area contributed by atoms with Gasteiger partial charge in [0.1, 0.15) is 30.4 Å². The first-order valence-electron chi connectivity index (χ1n) is 14.2. The van der Waals surface area contributed by atoms with Gasteiger partial charge in [0.15, 0.2) is 5.13 Å². The first-order valence-corrected chi connectivity index (χ1v) is 16.8. The number of ether oxygens (including phenoxy) is 2. The number of morpholine rings is 1. The number of hydrogen-bond acceptors (Lipinski definition) is 10. The summed E-state index contributed by atoms with van der Waals surface area (Å²) in [7, 11) is 4.49. The summed E-state index contributed by atoms with van der Waals surface area (Å²) < 4.78 is 12.6. The number of thiazole rings is 1. The number of nitrogens with one attached hydrogen (secondary N) is 1. The van der Waals surface area contributed by atoms with Gasteiger partial charge in [-0.2, -0.15) is 0 Å². The molecule has 8 nitrogen and oxygen atoms in total. The molecule has 3 unspecified atom stereocenters. The highest BCUT2D eigenvalue weighted by Crippen LogP contribution is 2.52. The van der Waals surface area contributed by atoms with Gasteiger partial charge in [0.25, 0.3) is 0 Å². The molecule has 3 aromatic rings. The minimum Gasteiger partial charge on any atom is -1.00 e. The fourth-order valence-electron chi connectivity index (χ4n) is 6.75. The zero-order valence-electron chi connectivity index (χ0n) is 23.6. The van der Waals surface area contributed by atoms with Gasteiger partial charge in [0, 0.05) is 23.8 Å². The van der Waals surface area contributed by atoms with Crippen LogP contribution in [0.5, 0.6) is 0 Å². The van der Waals surface area contributed by atoms with Crippen molar-refractivity contribution in [2.75, 3.05) is 26.4 Å². The third-order valence-electron chi connectivity index (χ3n) is 9.00. The number of carbonyl (C=O) groups is 1. The maximum absolute atomic E-state index is 13.1. The highest BCUT2D eigenvalue weighted by atomic mass is 79.9. The molecule has 6 atom stereocenters. The van der Waals surface area contributed by atoms with Crippen molar-refractivity contribution in [2.24, 2.45) is 0 Å². The van der Waals surface area contributed by atoms with E-state index in [1.807, 2.05) is 22.9 Å². The van der Waals surface area contributed by atoms with Gasteiger partial charge in [-0.25, -0.2) is 9.78 Å². The molecule has 41 heavy (non-hydrogen) atoms. The van der Waals surface area contributed by atoms with E-state index in [1.165, 1.54) is 46.1 Å². The SMILES string of the molecule is CCCN[C@H]1CCc2nc(N)sc2C1.C[N+]1(C)C2CC(OC(=O)C(O)(c3cccs3)c3cccs3)CC1[C@@H]1O[C@H]21.[Br-]. The second kappa shape index (κ2) is 12.3. The average Bonchev–Trinajstić information content (AvgIpc) is 3.34. The Morgan fingerprint density at radius 1 is 1.20 bits per heavy atom. The van der Waals surface area contributed by atoms with E-state index in [9.17, 15) is 9.90 Å². The third-order valence-corrected chi connectivity index (χ3v) is 11.9. The summed E-state index contributed by atoms with van der Waals surface area (Å²) in [5.41, 5.74) is 5.21. The van der Waals surface area contributed by atoms with Crippen LogP contribution in [0.2, 0.25) is 0 Å². The largest absolute Gasteiger partial charge is 1.00 e. The standard InChI is InChI=1S/C19H22NO4S2.C10H17N3S.BrH/c1-20(2)12-9-11(10-13(20)17-16(12)24-17)23-18(21)19(22,14-5-3-7-25-14)15-6-4-8-26-15;1-2-5-12-7-3-4-8-9(6-7)14-10(11)13-8;/h3-8,11-13,16-17,22H,9-10H2,1-2H3;7,12H,2-6H2,1H3,(H2,11,13);1H/q+1;;/p-1/t11?,12?,13?,16-,17+;7-;/m.0./s1. The Labute approximate surface area is 264 Å². The number of aryl methyl sites for hydroxylation is 1. The predicted octanol–water partition coefficient (Wildman–Crippen LogP) is 0.932. The van der Waals surface area contributed by atoms with Crippen LogP contribution in [0.1, 0.15) is 52.9 Å². The van der Waals surface area contributed by atoms with E-state index >= 15 is 0 Å². The van der Waals surface area contributed by atoms with Crippen LogP contribution in [0, 0.1) is 0 Å². The van der Waals surface area contributed by atoms with E-state index in [0.717, 1.165) is 41.8 Å². The quantitative estimate of drug-likeness (QED) is 0.193. The first kappa shape index (κ1) is 31.1. The Bertz CT molecular complexity index is 1260. The fraction of sp³-hybridized carbons (Fsp3) is 0.586. The van der Waals surface area contributed by atoms with Crippen molar-refractivity contribution in [1.82, 2.24) is 10.3 Å². The molecule has 0 amide bonds. The molecule has 3 saturated heterocycles. The number of esters is 1. The number of fused-ring (bicyclic) bond motifs is 6. The van der Waals surface area contributed by atoms with Crippen LogP contribution < -0.4 is 28.0 Å². The van der Waals surface area contributed by atoms with Crippen molar-refractivity contribution in [3.8, 4) is 0 Å². The molecule has 0 saturated carbocycles. The molecular formula is C29H39BrN4O4S3. The van der Waals surface area contributed by atoms with Gasteiger partial charge in [0.05, 0.1) is 29.5 Å². The summed E-state index contributed by atoms with van der Waals surface area (Å²) in [4.78, 5) is 20.1. The Kier molecular flexibility index (Phi) is 9.33. The maximum atomic E-state index is 13.1. The topological polar surface area (TPSA) is 110 Å². The number of thiophene rings is 2. The lowest BCUT2D eigenvalue weighted by Gasteiger charge is -2.45. The molecule has 4 aliphatic rings. The monoisotopic (exact) mass is 682 g/mol. The number of epoxide rings is 1. The highest BCUT2D eigenvalue weighted by Gasteiger charge is 2.71. The minimum atomic E-state index is -1.72. The van der Waals surface area contributed by atoms with Gasteiger partial charge in [-0.05, 0) is 55.1 Å². The molecule has 2 bridgehead atoms. The lowest BCUT2D eigenvalue weighted by molar-refractivity contribution is -0.938. The fourth-order valence-corrected chi connectivity index (χ4v) is 9.42. The molecule has 3 aliphatic heterocycles. The molecule has 7 rings (SSSR count). The van der Waals surface area contributed by atoms with Crippen LogP contribution in [0.4, 0.5) is 5.13 Å². The number of piperidine rings is 1. The number of aromatic nitrogens is 1. The summed E-state index contributed by atoms with van der Waals surface area (Å²) in [5, 5.41) is 19.4. The lowest BCUT2D eigenvalue weighted by Crippen LogP contribution is -3.00. The maximum Gasteiger partial charge on any atom is 0.349 e. The van der Waals surface area contributed by atoms with Crippen LogP contribution in [0.3, 0.4) is 0 Å². The van der Waals surface area contributed by atoms with E-state index in [4.69, 9.17) is 15.2 Å². The van der Waals surface area contributed by atoms with Crippen molar-refractivity contribution in [1.29, 1.82) is 0 Å². The zero-order valence-corrected chi connectivity index (χ0v) is 27.7. The van der Waals surface area contributed by atoms with E-state index < -0.39 is 11.6 Å². The number of nitrogens with two attached hydrogens (primary N) is 1. The van der Waals surface area contributed by atoms with Gasteiger partial charge in [0.2, 0.25) is 5.60 Å². The molecule has 3 fully saturated rings. The molecular weight excluding hydrogens is 644 g/mol. The summed E-state index contributed by atoms with van der Waals surface area (Å²) in [6, 6.07) is 8.65. The number of nitrogens with zero attached hydrogens (tertiary/aromatic N) is 2. The highest BCUT2D eigenvalue weighted by molar-refractivity contribution is 7.15. The Morgan fingerprint density at radius 2 is 1.83 bits per heavy atom. The van der Waals surface area contributed by atoms with Crippen LogP contribution in [0.15, 0.2) is 35.0 Å². The number of aliphatic hydroxyl groups is 1. The Balaban J connectivity index is 0.000000192. The summed E-state index contributed by atoms with van der Waals surface area (Å²) in [6.07, 6.45) is 6.66. The molecule has 4 N–H and O–H groups in total. The molecule has 0 spiro atoms. The zero-order chi connectivity index (χ0) is 28.1. The van der Waals surface area contributed by atoms with E-state index in [-0.39, 0.29) is 23.1 Å². The van der Waals surface area contributed by atoms with Crippen molar-refractivity contribution in [3.05, 3.63) is 55.4 Å². The van der Waals surface area contributed by atoms with Crippen molar-refractivity contribution < 1.29 is 40.8 Å². The van der Waals surface area contributed by atoms with Crippen LogP contribution in [0.25, 0.3) is 0 Å². The van der Waals surface area contributed by atoms with Gasteiger partial charge in [-0.3, -0.25) is 0 Å². The molecule has 0 aromatic carbocycles. The second-order valence-corrected chi connectivity index (χ2v) is 14.8. The Hall–Kier alpha value is -1.38. The second-order valence-electron chi connectivity index (χ2n) is 11.8. The minimum absolute atomic E-state index is 0. The third kappa shape index (κ3) is 5.91. The summed E-state index contributed by atoms with van der Waals surface area (Å²) in [5.74, 6) is -0.561. The number of halogens is 1. The number of quaternary nitrogens is 1. The van der Waals surface area contributed by atoms with Gasteiger partial charge >= 0.3 is 5.97 Å². The number of likely N-dealkylation sites (N-methyl/N-ethyl adjacent to an activating group) is 1. The summed E-state index contributed by atoms with van der Waals surface area (Å²) >= 11 is 4.40. The number of carbonyl (C=O) groups excluding carboxylic acids is 1.